The summed E-state index contributed by atoms with van der Waals surface area (Å²) in [6.45, 7) is 0.195. The lowest BCUT2D eigenvalue weighted by atomic mass is 9.97. The van der Waals surface area contributed by atoms with E-state index in [2.05, 4.69) is 16.1 Å². The Kier molecular flexibility index (Phi) is 7.49. The third-order valence-corrected chi connectivity index (χ3v) is 5.57. The van der Waals surface area contributed by atoms with Crippen molar-refractivity contribution in [2.75, 3.05) is 17.5 Å². The molecule has 7 nitrogen and oxygen atoms in total. The van der Waals surface area contributed by atoms with Crippen molar-refractivity contribution in [3.05, 3.63) is 95.1 Å². The average molecular weight is 452 g/mol. The normalized spacial score (nSPS) is 13.2. The predicted octanol–water partition coefficient (Wildman–Crippen LogP) is 3.24. The molecule has 0 bridgehead atoms. The summed E-state index contributed by atoms with van der Waals surface area (Å²) in [4.78, 5) is 0. The Morgan fingerprint density at radius 1 is 1.00 bits per heavy atom. The number of aliphatic hydroxyl groups excluding tert-OH is 1. The first-order chi connectivity index (χ1) is 15.2. The van der Waals surface area contributed by atoms with Crippen LogP contribution in [-0.2, 0) is 16.4 Å². The van der Waals surface area contributed by atoms with Crippen molar-refractivity contribution in [2.24, 2.45) is 0 Å². The molecule has 4 N–H and O–H groups in total. The molecule has 0 aliphatic rings. The van der Waals surface area contributed by atoms with Gasteiger partial charge in [0.2, 0.25) is 10.0 Å². The smallest absolute Gasteiger partial charge is 0.229 e. The van der Waals surface area contributed by atoms with Crippen LogP contribution in [0.15, 0.2) is 72.8 Å². The van der Waals surface area contributed by atoms with Crippen molar-refractivity contribution in [2.45, 2.75) is 18.6 Å². The van der Waals surface area contributed by atoms with E-state index in [1.165, 1.54) is 12.1 Å². The summed E-state index contributed by atoms with van der Waals surface area (Å²) in [5.74, 6) is -0.223. The molecule has 0 aromatic heterocycles. The van der Waals surface area contributed by atoms with E-state index in [1.54, 1.807) is 18.2 Å². The zero-order valence-electron chi connectivity index (χ0n) is 17.6. The zero-order chi connectivity index (χ0) is 23.1. The highest BCUT2D eigenvalue weighted by Gasteiger charge is 2.17. The van der Waals surface area contributed by atoms with Gasteiger partial charge >= 0.3 is 0 Å². The van der Waals surface area contributed by atoms with E-state index in [-0.39, 0.29) is 24.0 Å². The van der Waals surface area contributed by atoms with Gasteiger partial charge in [-0.25, -0.2) is 8.42 Å². The second kappa shape index (κ2) is 10.3. The Bertz CT molecular complexity index is 1190. The second-order valence-electron chi connectivity index (χ2n) is 7.55. The molecule has 0 radical (unpaired) electrons. The van der Waals surface area contributed by atoms with Crippen molar-refractivity contribution in [1.29, 1.82) is 5.26 Å². The van der Waals surface area contributed by atoms with Crippen molar-refractivity contribution in [1.82, 2.24) is 5.32 Å². The van der Waals surface area contributed by atoms with Crippen LogP contribution in [0.25, 0.3) is 0 Å². The van der Waals surface area contributed by atoms with E-state index in [9.17, 15) is 18.6 Å². The number of rotatable bonds is 9. The van der Waals surface area contributed by atoms with Gasteiger partial charge in [-0.15, -0.1) is 0 Å². The van der Waals surface area contributed by atoms with Gasteiger partial charge in [0.25, 0.3) is 0 Å². The maximum absolute atomic E-state index is 11.5. The van der Waals surface area contributed by atoms with Crippen molar-refractivity contribution < 1.29 is 18.6 Å². The lowest BCUT2D eigenvalue weighted by molar-refractivity contribution is 0.169. The molecule has 0 spiro atoms. The molecule has 0 amide bonds. The van der Waals surface area contributed by atoms with Crippen LogP contribution in [0.2, 0.25) is 0 Å². The van der Waals surface area contributed by atoms with E-state index in [0.29, 0.717) is 17.5 Å². The Balaban J connectivity index is 1.77. The number of hydrogen-bond donors (Lipinski definition) is 4. The molecule has 3 aromatic carbocycles. The topological polar surface area (TPSA) is 122 Å². The number of hydrogen-bond acceptors (Lipinski definition) is 6. The predicted molar refractivity (Wildman–Crippen MR) is 124 cm³/mol. The molecule has 32 heavy (non-hydrogen) atoms. The molecule has 0 fully saturated rings. The largest absolute Gasteiger partial charge is 0.506 e. The van der Waals surface area contributed by atoms with Crippen LogP contribution < -0.4 is 10.0 Å². The second-order valence-corrected chi connectivity index (χ2v) is 9.30. The minimum atomic E-state index is -3.57. The fourth-order valence-corrected chi connectivity index (χ4v) is 3.92. The number of anilines is 1. The fourth-order valence-electron chi connectivity index (χ4n) is 3.36. The minimum absolute atomic E-state index is 0.0111. The number of nitrogens with one attached hydrogen (secondary N) is 2. The number of benzene rings is 3. The lowest BCUT2D eigenvalue weighted by Gasteiger charge is -2.22. The van der Waals surface area contributed by atoms with Crippen molar-refractivity contribution >= 4 is 15.7 Å². The maximum Gasteiger partial charge on any atom is 0.229 e. The first-order valence-electron chi connectivity index (χ1n) is 10.0. The van der Waals surface area contributed by atoms with Gasteiger partial charge in [0.15, 0.2) is 0 Å². The molecule has 0 heterocycles. The summed E-state index contributed by atoms with van der Waals surface area (Å²) in [6.07, 6.45) is 0.728. The van der Waals surface area contributed by atoms with E-state index in [4.69, 9.17) is 5.26 Å². The van der Waals surface area contributed by atoms with E-state index < -0.39 is 16.1 Å². The molecule has 0 saturated heterocycles. The number of phenolic OH excluding ortho intramolecular Hbond substituents is 1. The van der Waals surface area contributed by atoms with Crippen LogP contribution in [0.3, 0.4) is 0 Å². The Morgan fingerprint density at radius 3 is 2.28 bits per heavy atom. The van der Waals surface area contributed by atoms with Crippen LogP contribution >= 0.6 is 0 Å². The molecule has 0 saturated carbocycles. The number of nitriles is 1. The van der Waals surface area contributed by atoms with E-state index in [1.807, 2.05) is 42.5 Å². The molecule has 0 aliphatic heterocycles. The highest BCUT2D eigenvalue weighted by molar-refractivity contribution is 7.92. The minimum Gasteiger partial charge on any atom is -0.506 e. The summed E-state index contributed by atoms with van der Waals surface area (Å²) in [7, 11) is -3.57. The molecule has 0 unspecified atom stereocenters. The molecule has 3 rings (SSSR count). The number of phenols is 1. The average Bonchev–Trinajstić information content (AvgIpc) is 2.77. The van der Waals surface area contributed by atoms with Crippen LogP contribution in [0.5, 0.6) is 5.75 Å². The highest BCUT2D eigenvalue weighted by atomic mass is 32.2. The summed E-state index contributed by atoms with van der Waals surface area (Å²) in [5, 5.41) is 33.0. The van der Waals surface area contributed by atoms with Crippen LogP contribution in [0.4, 0.5) is 5.69 Å². The van der Waals surface area contributed by atoms with Gasteiger partial charge in [-0.05, 0) is 47.4 Å². The van der Waals surface area contributed by atoms with Crippen molar-refractivity contribution in [3.63, 3.8) is 0 Å². The molecule has 2 atom stereocenters. The summed E-state index contributed by atoms with van der Waals surface area (Å²) < 4.78 is 25.3. The first kappa shape index (κ1) is 23.3. The molecule has 3 aromatic rings. The first-order valence-corrected chi connectivity index (χ1v) is 11.9. The number of sulfonamides is 1. The monoisotopic (exact) mass is 451 g/mol. The van der Waals surface area contributed by atoms with E-state index in [0.717, 1.165) is 17.4 Å². The molecular weight excluding hydrogens is 426 g/mol. The van der Waals surface area contributed by atoms with Crippen LogP contribution in [0.1, 0.15) is 34.4 Å². The SMILES string of the molecule is CS(=O)(=O)Nc1cc([C@@H](O)CN[C@H](Cc2ccccc2)c2ccc(C#N)cc2)ccc1O. The van der Waals surface area contributed by atoms with Gasteiger partial charge < -0.3 is 15.5 Å². The fraction of sp³-hybridized carbons (Fsp3) is 0.208. The van der Waals surface area contributed by atoms with Crippen LogP contribution in [-0.4, -0.2) is 31.4 Å². The molecule has 8 heteroatoms. The Hall–Kier alpha value is -3.38. The summed E-state index contributed by atoms with van der Waals surface area (Å²) >= 11 is 0. The van der Waals surface area contributed by atoms with Gasteiger partial charge in [-0.2, -0.15) is 5.26 Å². The number of aliphatic hydroxyl groups is 1. The number of nitrogens with zero attached hydrogens (tertiary/aromatic N) is 1. The summed E-state index contributed by atoms with van der Waals surface area (Å²) in [6, 6.07) is 23.5. The van der Waals surface area contributed by atoms with Crippen LogP contribution in [0, 0.1) is 11.3 Å². The number of aromatic hydroxyl groups is 1. The quantitative estimate of drug-likeness (QED) is 0.371. The molecule has 0 aliphatic carbocycles. The maximum atomic E-state index is 11.5. The van der Waals surface area contributed by atoms with Gasteiger partial charge in [0.05, 0.1) is 29.7 Å². The molecule has 166 valence electrons. The zero-order valence-corrected chi connectivity index (χ0v) is 18.4. The Labute approximate surface area is 188 Å². The van der Waals surface area contributed by atoms with Gasteiger partial charge in [0, 0.05) is 12.6 Å². The lowest BCUT2D eigenvalue weighted by Crippen LogP contribution is -2.28. The highest BCUT2D eigenvalue weighted by Crippen LogP contribution is 2.28. The third-order valence-electron chi connectivity index (χ3n) is 4.98. The van der Waals surface area contributed by atoms with Crippen molar-refractivity contribution in [3.8, 4) is 11.8 Å². The van der Waals surface area contributed by atoms with Gasteiger partial charge in [-0.3, -0.25) is 4.72 Å². The van der Waals surface area contributed by atoms with E-state index >= 15 is 0 Å². The van der Waals surface area contributed by atoms with Gasteiger partial charge in [-0.1, -0.05) is 48.5 Å². The standard InChI is InChI=1S/C24H25N3O4S/c1-32(30,31)27-22-14-20(11-12-23(22)28)24(29)16-26-21(13-17-5-3-2-4-6-17)19-9-7-18(15-25)8-10-19/h2-12,14,21,24,26-29H,13,16H2,1H3/t21-,24+/m1/s1. The van der Waals surface area contributed by atoms with Gasteiger partial charge in [0.1, 0.15) is 5.75 Å². The summed E-state index contributed by atoms with van der Waals surface area (Å²) in [5.41, 5.74) is 3.14. The third kappa shape index (κ3) is 6.56. The Morgan fingerprint density at radius 2 is 1.66 bits per heavy atom. The molecular formula is C24H25N3O4S.